The van der Waals surface area contributed by atoms with E-state index in [1.165, 1.54) is 122 Å². The van der Waals surface area contributed by atoms with Crippen molar-refractivity contribution in [3.05, 3.63) is 109 Å². The average molecular weight is 830 g/mol. The molecule has 0 bridgehead atoms. The highest BCUT2D eigenvalue weighted by molar-refractivity contribution is 5.76. The summed E-state index contributed by atoms with van der Waals surface area (Å²) in [6, 6.07) is -0.678. The predicted molar refractivity (Wildman–Crippen MR) is 266 cm³/mol. The van der Waals surface area contributed by atoms with E-state index in [2.05, 4.69) is 116 Å². The van der Waals surface area contributed by atoms with E-state index < -0.39 is 12.1 Å². The van der Waals surface area contributed by atoms with Crippen molar-refractivity contribution >= 4 is 5.91 Å². The number of carbonyl (C=O) groups excluding carboxylic acids is 1. The van der Waals surface area contributed by atoms with Gasteiger partial charge in [-0.1, -0.05) is 239 Å². The number of amides is 1. The van der Waals surface area contributed by atoms with Gasteiger partial charge in [0.25, 0.3) is 0 Å². The fraction of sp³-hybridized carbons (Fsp3) is 0.661. The first-order valence-corrected chi connectivity index (χ1v) is 25.1. The van der Waals surface area contributed by atoms with Crippen molar-refractivity contribution in [3.8, 4) is 0 Å². The second-order valence-electron chi connectivity index (χ2n) is 16.5. The van der Waals surface area contributed by atoms with Gasteiger partial charge in [0.2, 0.25) is 5.91 Å². The van der Waals surface area contributed by atoms with Gasteiger partial charge in [0.1, 0.15) is 0 Å². The van der Waals surface area contributed by atoms with Gasteiger partial charge in [-0.05, 0) is 83.5 Å². The Hall–Kier alpha value is -2.95. The lowest BCUT2D eigenvalue weighted by Gasteiger charge is -2.19. The van der Waals surface area contributed by atoms with Crippen LogP contribution in [0.4, 0.5) is 0 Å². The molecular formula is C56H95NO3. The maximum absolute atomic E-state index is 12.4. The highest BCUT2D eigenvalue weighted by Gasteiger charge is 2.17. The number of allylic oxidation sites excluding steroid dienone is 17. The molecular weight excluding hydrogens is 735 g/mol. The molecule has 0 aliphatic heterocycles. The molecule has 4 heteroatoms. The van der Waals surface area contributed by atoms with E-state index in [1.807, 2.05) is 6.08 Å². The minimum absolute atomic E-state index is 0.135. The Morgan fingerprint density at radius 3 is 1.17 bits per heavy atom. The molecule has 1 amide bonds. The first-order chi connectivity index (χ1) is 29.7. The summed E-state index contributed by atoms with van der Waals surface area (Å²) in [6.45, 7) is 4.16. The topological polar surface area (TPSA) is 69.6 Å². The second kappa shape index (κ2) is 50.4. The summed E-state index contributed by atoms with van der Waals surface area (Å²) in [7, 11) is 0. The van der Waals surface area contributed by atoms with Crippen LogP contribution in [0.3, 0.4) is 0 Å². The molecule has 0 rings (SSSR count). The van der Waals surface area contributed by atoms with Crippen molar-refractivity contribution in [2.75, 3.05) is 6.61 Å². The Morgan fingerprint density at radius 1 is 0.417 bits per heavy atom. The number of hydrogen-bond donors (Lipinski definition) is 3. The Bertz CT molecular complexity index is 1170. The summed E-state index contributed by atoms with van der Waals surface area (Å²) in [6.07, 6.45) is 76.6. The zero-order valence-electron chi connectivity index (χ0n) is 39.2. The van der Waals surface area contributed by atoms with Crippen LogP contribution >= 0.6 is 0 Å². The van der Waals surface area contributed by atoms with E-state index in [4.69, 9.17) is 0 Å². The van der Waals surface area contributed by atoms with Gasteiger partial charge >= 0.3 is 0 Å². The van der Waals surface area contributed by atoms with Crippen molar-refractivity contribution in [3.63, 3.8) is 0 Å². The third kappa shape index (κ3) is 46.1. The molecule has 0 saturated carbocycles. The number of aliphatic hydroxyl groups is 2. The maximum Gasteiger partial charge on any atom is 0.220 e. The van der Waals surface area contributed by atoms with Gasteiger partial charge < -0.3 is 15.5 Å². The molecule has 0 radical (unpaired) electrons. The Morgan fingerprint density at radius 2 is 0.750 bits per heavy atom. The molecule has 0 aromatic carbocycles. The van der Waals surface area contributed by atoms with E-state index in [-0.39, 0.29) is 12.5 Å². The Labute approximate surface area is 372 Å². The smallest absolute Gasteiger partial charge is 0.220 e. The largest absolute Gasteiger partial charge is 0.394 e. The molecule has 0 aromatic heterocycles. The summed E-state index contributed by atoms with van der Waals surface area (Å²) < 4.78 is 0. The summed E-state index contributed by atoms with van der Waals surface area (Å²) >= 11 is 0. The second-order valence-corrected chi connectivity index (χ2v) is 16.5. The molecule has 0 fully saturated rings. The Kier molecular flexibility index (Phi) is 47.9. The molecule has 0 aliphatic rings. The highest BCUT2D eigenvalue weighted by Crippen LogP contribution is 2.15. The van der Waals surface area contributed by atoms with E-state index in [0.29, 0.717) is 6.42 Å². The Balaban J connectivity index is 3.71. The molecule has 0 aromatic rings. The van der Waals surface area contributed by atoms with Crippen molar-refractivity contribution in [2.24, 2.45) is 0 Å². The van der Waals surface area contributed by atoms with Crippen LogP contribution in [0.5, 0.6) is 0 Å². The molecule has 0 spiro atoms. The van der Waals surface area contributed by atoms with Gasteiger partial charge in [-0.2, -0.15) is 0 Å². The standard InChI is InChI=1S/C56H95NO3/c1-3-5-7-9-11-13-15-17-19-21-23-25-27-28-30-31-33-35-37-39-41-43-45-47-49-51-55(59)54(53-58)57-56(60)52-50-48-46-44-42-40-38-36-34-32-29-26-24-22-20-18-16-14-12-10-8-6-4-2/h6,8,12,14,18,20,24,26,32,34,38,40-41,43-44,46,49,51,54-55,58-59H,3-5,7,9-11,13,15-17,19,21-23,25,27-31,33,35-37,39,42,45,47-48,50,52-53H2,1-2H3,(H,57,60)/b8-6-,14-12-,20-18-,26-24-,34-32-,40-38-,43-41+,46-44-,51-49+. The van der Waals surface area contributed by atoms with Crippen molar-refractivity contribution in [1.82, 2.24) is 5.32 Å². The van der Waals surface area contributed by atoms with Gasteiger partial charge in [0.15, 0.2) is 0 Å². The molecule has 4 nitrogen and oxygen atoms in total. The van der Waals surface area contributed by atoms with E-state index in [1.54, 1.807) is 6.08 Å². The molecule has 2 unspecified atom stereocenters. The van der Waals surface area contributed by atoms with Crippen LogP contribution in [0.1, 0.15) is 219 Å². The molecule has 3 N–H and O–H groups in total. The molecule has 2 atom stereocenters. The fourth-order valence-corrected chi connectivity index (χ4v) is 6.95. The van der Waals surface area contributed by atoms with Crippen LogP contribution in [0.2, 0.25) is 0 Å². The normalized spacial score (nSPS) is 13.9. The van der Waals surface area contributed by atoms with E-state index in [0.717, 1.165) is 77.0 Å². The summed E-state index contributed by atoms with van der Waals surface area (Å²) in [5.74, 6) is -0.135. The van der Waals surface area contributed by atoms with Crippen LogP contribution in [0, 0.1) is 0 Å². The highest BCUT2D eigenvalue weighted by atomic mass is 16.3. The molecule has 342 valence electrons. The minimum atomic E-state index is -0.895. The molecule has 0 heterocycles. The van der Waals surface area contributed by atoms with Gasteiger partial charge in [-0.25, -0.2) is 0 Å². The van der Waals surface area contributed by atoms with Crippen LogP contribution in [0.15, 0.2) is 109 Å². The van der Waals surface area contributed by atoms with Gasteiger partial charge in [0.05, 0.1) is 18.8 Å². The third-order valence-corrected chi connectivity index (χ3v) is 10.7. The lowest BCUT2D eigenvalue weighted by molar-refractivity contribution is -0.122. The third-order valence-electron chi connectivity index (χ3n) is 10.7. The number of hydrogen-bond acceptors (Lipinski definition) is 3. The van der Waals surface area contributed by atoms with E-state index >= 15 is 0 Å². The average Bonchev–Trinajstić information content (AvgIpc) is 3.25. The zero-order valence-corrected chi connectivity index (χ0v) is 39.2. The summed E-state index contributed by atoms with van der Waals surface area (Å²) in [4.78, 5) is 12.4. The lowest BCUT2D eigenvalue weighted by atomic mass is 10.0. The van der Waals surface area contributed by atoms with Crippen LogP contribution in [0.25, 0.3) is 0 Å². The molecule has 0 aliphatic carbocycles. The van der Waals surface area contributed by atoms with Crippen molar-refractivity contribution in [1.29, 1.82) is 0 Å². The number of rotatable bonds is 44. The zero-order chi connectivity index (χ0) is 43.5. The maximum atomic E-state index is 12.4. The van der Waals surface area contributed by atoms with Crippen LogP contribution in [-0.2, 0) is 4.79 Å². The summed E-state index contributed by atoms with van der Waals surface area (Å²) in [5, 5.41) is 23.0. The number of nitrogens with one attached hydrogen (secondary N) is 1. The van der Waals surface area contributed by atoms with Crippen LogP contribution in [-0.4, -0.2) is 34.9 Å². The van der Waals surface area contributed by atoms with Gasteiger partial charge in [0, 0.05) is 6.42 Å². The number of aliphatic hydroxyl groups excluding tert-OH is 2. The number of carbonyl (C=O) groups is 1. The first-order valence-electron chi connectivity index (χ1n) is 25.1. The van der Waals surface area contributed by atoms with Crippen molar-refractivity contribution < 1.29 is 15.0 Å². The first kappa shape index (κ1) is 57.1. The molecule has 60 heavy (non-hydrogen) atoms. The lowest BCUT2D eigenvalue weighted by Crippen LogP contribution is -2.45. The van der Waals surface area contributed by atoms with Crippen LogP contribution < -0.4 is 5.32 Å². The van der Waals surface area contributed by atoms with Crippen molar-refractivity contribution in [2.45, 2.75) is 231 Å². The SMILES string of the molecule is CC/C=C\C/C=C\C/C=C\C/C=C\C/C=C\C/C=C\C/C=C\CCCC(=O)NC(CO)C(O)/C=C/CC/C=C/CCCCCCCCCCCCCCCCCCCCC. The molecule has 0 saturated heterocycles. The number of unbranched alkanes of at least 4 members (excludes halogenated alkanes) is 21. The monoisotopic (exact) mass is 830 g/mol. The van der Waals surface area contributed by atoms with E-state index in [9.17, 15) is 15.0 Å². The van der Waals surface area contributed by atoms with Gasteiger partial charge in [-0.15, -0.1) is 0 Å². The fourth-order valence-electron chi connectivity index (χ4n) is 6.95. The summed E-state index contributed by atoms with van der Waals surface area (Å²) in [5.41, 5.74) is 0. The quantitative estimate of drug-likeness (QED) is 0.0423. The minimum Gasteiger partial charge on any atom is -0.394 e. The predicted octanol–water partition coefficient (Wildman–Crippen LogP) is 16.4. The van der Waals surface area contributed by atoms with Gasteiger partial charge in [-0.3, -0.25) is 4.79 Å².